The van der Waals surface area contributed by atoms with Gasteiger partial charge in [-0.1, -0.05) is 42.0 Å². The molecule has 0 fully saturated rings. The average molecular weight is 273 g/mol. The Morgan fingerprint density at radius 2 is 2.11 bits per heavy atom. The van der Waals surface area contributed by atoms with Crippen LogP contribution in [0.25, 0.3) is 6.08 Å². The Balaban J connectivity index is 1.78. The van der Waals surface area contributed by atoms with Crippen LogP contribution in [0.4, 0.5) is 0 Å². The minimum atomic E-state index is -0.421. The van der Waals surface area contributed by atoms with Gasteiger partial charge in [-0.05, 0) is 34.9 Å². The Labute approximate surface area is 118 Å². The highest BCUT2D eigenvalue weighted by Crippen LogP contribution is 2.15. The van der Waals surface area contributed by atoms with Gasteiger partial charge in [0.05, 0.1) is 6.10 Å². The SMILES string of the molecule is C/C(=C/c1ccccc1)CNCC(O)c1ccsc1. The van der Waals surface area contributed by atoms with E-state index < -0.39 is 6.10 Å². The highest BCUT2D eigenvalue weighted by Gasteiger charge is 2.06. The zero-order valence-electron chi connectivity index (χ0n) is 11.0. The van der Waals surface area contributed by atoms with Crippen LogP contribution in [-0.2, 0) is 0 Å². The summed E-state index contributed by atoms with van der Waals surface area (Å²) in [7, 11) is 0. The number of rotatable bonds is 6. The second kappa shape index (κ2) is 7.24. The third-order valence-electron chi connectivity index (χ3n) is 2.88. The molecule has 0 aliphatic rings. The van der Waals surface area contributed by atoms with Gasteiger partial charge in [0.1, 0.15) is 0 Å². The maximum absolute atomic E-state index is 9.94. The van der Waals surface area contributed by atoms with Crippen LogP contribution < -0.4 is 5.32 Å². The standard InChI is InChI=1S/C16H19NOS/c1-13(9-14-5-3-2-4-6-14)10-17-11-16(18)15-7-8-19-12-15/h2-9,12,16-18H,10-11H2,1H3/b13-9-. The molecule has 0 aliphatic carbocycles. The minimum Gasteiger partial charge on any atom is -0.387 e. The van der Waals surface area contributed by atoms with Gasteiger partial charge in [0.15, 0.2) is 0 Å². The Bertz CT molecular complexity index is 505. The number of hydrogen-bond acceptors (Lipinski definition) is 3. The van der Waals surface area contributed by atoms with Gasteiger partial charge in [0, 0.05) is 13.1 Å². The second-order valence-corrected chi connectivity index (χ2v) is 5.38. The molecule has 0 aliphatic heterocycles. The average Bonchev–Trinajstić information content (AvgIpc) is 2.93. The maximum Gasteiger partial charge on any atom is 0.0922 e. The summed E-state index contributed by atoms with van der Waals surface area (Å²) in [6, 6.07) is 12.2. The van der Waals surface area contributed by atoms with Crippen LogP contribution in [-0.4, -0.2) is 18.2 Å². The summed E-state index contributed by atoms with van der Waals surface area (Å²) in [4.78, 5) is 0. The molecule has 1 aromatic carbocycles. The molecule has 0 amide bonds. The number of aliphatic hydroxyl groups is 1. The molecular weight excluding hydrogens is 254 g/mol. The summed E-state index contributed by atoms with van der Waals surface area (Å²) in [5.41, 5.74) is 3.45. The fourth-order valence-electron chi connectivity index (χ4n) is 1.87. The van der Waals surface area contributed by atoms with Crippen LogP contribution >= 0.6 is 11.3 Å². The largest absolute Gasteiger partial charge is 0.387 e. The third kappa shape index (κ3) is 4.63. The maximum atomic E-state index is 9.94. The molecule has 1 atom stereocenters. The Hall–Kier alpha value is -1.42. The number of nitrogens with one attached hydrogen (secondary N) is 1. The second-order valence-electron chi connectivity index (χ2n) is 4.60. The van der Waals surface area contributed by atoms with Crippen LogP contribution in [0.3, 0.4) is 0 Å². The molecule has 19 heavy (non-hydrogen) atoms. The number of thiophene rings is 1. The van der Waals surface area contributed by atoms with Crippen LogP contribution in [0.2, 0.25) is 0 Å². The van der Waals surface area contributed by atoms with E-state index >= 15 is 0 Å². The Kier molecular flexibility index (Phi) is 5.33. The normalized spacial score (nSPS) is 13.5. The summed E-state index contributed by atoms with van der Waals surface area (Å²) in [5.74, 6) is 0. The zero-order valence-corrected chi connectivity index (χ0v) is 11.9. The topological polar surface area (TPSA) is 32.3 Å². The Morgan fingerprint density at radius 1 is 1.32 bits per heavy atom. The fraction of sp³-hybridized carbons (Fsp3) is 0.250. The van der Waals surface area contributed by atoms with Crippen molar-refractivity contribution in [3.63, 3.8) is 0 Å². The van der Waals surface area contributed by atoms with Gasteiger partial charge in [0.2, 0.25) is 0 Å². The van der Waals surface area contributed by atoms with Crippen molar-refractivity contribution in [3.8, 4) is 0 Å². The minimum absolute atomic E-state index is 0.421. The van der Waals surface area contributed by atoms with E-state index in [2.05, 4.69) is 30.4 Å². The predicted molar refractivity (Wildman–Crippen MR) is 82.2 cm³/mol. The lowest BCUT2D eigenvalue weighted by Crippen LogP contribution is -2.22. The van der Waals surface area contributed by atoms with E-state index in [4.69, 9.17) is 0 Å². The molecule has 2 N–H and O–H groups in total. The van der Waals surface area contributed by atoms with Gasteiger partial charge >= 0.3 is 0 Å². The van der Waals surface area contributed by atoms with E-state index in [-0.39, 0.29) is 0 Å². The first-order valence-electron chi connectivity index (χ1n) is 6.39. The van der Waals surface area contributed by atoms with E-state index in [1.165, 1.54) is 11.1 Å². The van der Waals surface area contributed by atoms with Crippen molar-refractivity contribution < 1.29 is 5.11 Å². The summed E-state index contributed by atoms with van der Waals surface area (Å²) in [6.45, 7) is 3.46. The first-order chi connectivity index (χ1) is 9.25. The summed E-state index contributed by atoms with van der Waals surface area (Å²) in [6.07, 6.45) is 1.74. The lowest BCUT2D eigenvalue weighted by molar-refractivity contribution is 0.176. The van der Waals surface area contributed by atoms with E-state index in [0.717, 1.165) is 12.1 Å². The number of aliphatic hydroxyl groups excluding tert-OH is 1. The van der Waals surface area contributed by atoms with Crippen molar-refractivity contribution in [1.29, 1.82) is 0 Å². The molecule has 2 rings (SSSR count). The van der Waals surface area contributed by atoms with Crippen molar-refractivity contribution in [2.45, 2.75) is 13.0 Å². The Morgan fingerprint density at radius 3 is 2.79 bits per heavy atom. The van der Waals surface area contributed by atoms with Crippen molar-refractivity contribution in [1.82, 2.24) is 5.32 Å². The summed E-state index contributed by atoms with van der Waals surface area (Å²) < 4.78 is 0. The predicted octanol–water partition coefficient (Wildman–Crippen LogP) is 3.47. The lowest BCUT2D eigenvalue weighted by Gasteiger charge is -2.10. The van der Waals surface area contributed by atoms with Gasteiger partial charge in [-0.2, -0.15) is 11.3 Å². The van der Waals surface area contributed by atoms with Crippen LogP contribution in [0.5, 0.6) is 0 Å². The fourth-order valence-corrected chi connectivity index (χ4v) is 2.58. The molecule has 3 heteroatoms. The summed E-state index contributed by atoms with van der Waals surface area (Å²) in [5, 5.41) is 17.2. The first-order valence-corrected chi connectivity index (χ1v) is 7.33. The smallest absolute Gasteiger partial charge is 0.0922 e. The van der Waals surface area contributed by atoms with Crippen LogP contribution in [0, 0.1) is 0 Å². The summed E-state index contributed by atoms with van der Waals surface area (Å²) >= 11 is 1.61. The highest BCUT2D eigenvalue weighted by atomic mass is 32.1. The van der Waals surface area contributed by atoms with Crippen LogP contribution in [0.1, 0.15) is 24.2 Å². The van der Waals surface area contributed by atoms with Crippen molar-refractivity contribution in [2.75, 3.05) is 13.1 Å². The van der Waals surface area contributed by atoms with E-state index in [9.17, 15) is 5.11 Å². The van der Waals surface area contributed by atoms with Gasteiger partial charge in [0.25, 0.3) is 0 Å². The molecule has 100 valence electrons. The number of benzene rings is 1. The quantitative estimate of drug-likeness (QED) is 0.844. The van der Waals surface area contributed by atoms with Gasteiger partial charge < -0.3 is 10.4 Å². The highest BCUT2D eigenvalue weighted by molar-refractivity contribution is 7.07. The molecule has 0 bridgehead atoms. The number of hydrogen-bond donors (Lipinski definition) is 2. The first kappa shape index (κ1) is 14.0. The van der Waals surface area contributed by atoms with Crippen molar-refractivity contribution >= 4 is 17.4 Å². The van der Waals surface area contributed by atoms with E-state index in [1.54, 1.807) is 11.3 Å². The van der Waals surface area contributed by atoms with Gasteiger partial charge in [-0.15, -0.1) is 0 Å². The molecule has 0 saturated heterocycles. The zero-order chi connectivity index (χ0) is 13.5. The molecule has 0 saturated carbocycles. The molecule has 1 aromatic heterocycles. The lowest BCUT2D eigenvalue weighted by atomic mass is 10.1. The van der Waals surface area contributed by atoms with Gasteiger partial charge in [-0.25, -0.2) is 0 Å². The molecule has 0 spiro atoms. The molecule has 2 aromatic rings. The van der Waals surface area contributed by atoms with Crippen LogP contribution in [0.15, 0.2) is 52.7 Å². The van der Waals surface area contributed by atoms with Crippen molar-refractivity contribution in [2.24, 2.45) is 0 Å². The molecule has 1 unspecified atom stereocenters. The van der Waals surface area contributed by atoms with E-state index in [0.29, 0.717) is 6.54 Å². The monoisotopic (exact) mass is 273 g/mol. The molecular formula is C16H19NOS. The molecule has 1 heterocycles. The van der Waals surface area contributed by atoms with Crippen molar-refractivity contribution in [3.05, 3.63) is 63.9 Å². The third-order valence-corrected chi connectivity index (χ3v) is 3.58. The molecule has 0 radical (unpaired) electrons. The van der Waals surface area contributed by atoms with E-state index in [1.807, 2.05) is 35.0 Å². The van der Waals surface area contributed by atoms with Gasteiger partial charge in [-0.3, -0.25) is 0 Å². The molecule has 2 nitrogen and oxygen atoms in total.